The average Bonchev–Trinajstić information content (AvgIpc) is 3.18. The van der Waals surface area contributed by atoms with E-state index in [0.29, 0.717) is 48.5 Å². The van der Waals surface area contributed by atoms with Gasteiger partial charge in [-0.3, -0.25) is 24.7 Å². The molecule has 266 valence electrons. The van der Waals surface area contributed by atoms with Crippen LogP contribution in [-0.4, -0.2) is 85.2 Å². The molecule has 0 aromatic heterocycles. The highest BCUT2D eigenvalue weighted by Crippen LogP contribution is 2.42. The highest BCUT2D eigenvalue weighted by molar-refractivity contribution is 5.95. The van der Waals surface area contributed by atoms with E-state index in [1.165, 1.54) is 23.3 Å². The molecule has 1 N–H and O–H groups in total. The summed E-state index contributed by atoms with van der Waals surface area (Å²) in [5, 5.41) is 17.8. The number of piperidine rings is 1. The minimum atomic E-state index is -0.692. The van der Waals surface area contributed by atoms with Gasteiger partial charge in [-0.05, 0) is 67.5 Å². The van der Waals surface area contributed by atoms with E-state index in [0.717, 1.165) is 38.9 Å². The number of nitrogens with zero attached hydrogens (tertiary/aromatic N) is 7. The van der Waals surface area contributed by atoms with E-state index < -0.39 is 16.9 Å². The van der Waals surface area contributed by atoms with Crippen molar-refractivity contribution >= 4 is 24.2 Å². The summed E-state index contributed by atoms with van der Waals surface area (Å²) in [6.07, 6.45) is 4.55. The fourth-order valence-electron chi connectivity index (χ4n) is 7.41. The molecule has 5 rings (SSSR count). The SMILES string of the molecule is CCC1=C(N(C=O)CCCN2CCC(c3ccccc3)(c3ccccc3)CC2)C(c2ccc([N+](=O)[O-])cc2)C(NC=O)C(COCCN=[N+]=[N-])=N1. The number of likely N-dealkylation sites (tertiary alicyclic amines) is 1. The van der Waals surface area contributed by atoms with Crippen molar-refractivity contribution in [1.29, 1.82) is 0 Å². The summed E-state index contributed by atoms with van der Waals surface area (Å²) in [4.78, 5) is 47.6. The summed E-state index contributed by atoms with van der Waals surface area (Å²) in [5.74, 6) is -0.572. The molecule has 0 radical (unpaired) electrons. The largest absolute Gasteiger partial charge is 0.375 e. The summed E-state index contributed by atoms with van der Waals surface area (Å²) in [5.41, 5.74) is 13.7. The molecule has 2 heterocycles. The number of azide groups is 1. The smallest absolute Gasteiger partial charge is 0.269 e. The zero-order valence-corrected chi connectivity index (χ0v) is 28.8. The lowest BCUT2D eigenvalue weighted by Crippen LogP contribution is -2.48. The first-order valence-electron chi connectivity index (χ1n) is 17.3. The van der Waals surface area contributed by atoms with Crippen LogP contribution in [0.4, 0.5) is 5.69 Å². The first-order chi connectivity index (χ1) is 24.9. The number of ether oxygens (including phenoxy) is 1. The van der Waals surface area contributed by atoms with Gasteiger partial charge in [-0.2, -0.15) is 0 Å². The number of aliphatic imine (C=N–C) groups is 1. The molecule has 3 aromatic carbocycles. The van der Waals surface area contributed by atoms with Gasteiger partial charge in [0, 0.05) is 35.5 Å². The van der Waals surface area contributed by atoms with Gasteiger partial charge >= 0.3 is 0 Å². The highest BCUT2D eigenvalue weighted by Gasteiger charge is 2.40. The molecule has 0 aliphatic carbocycles. The van der Waals surface area contributed by atoms with Crippen molar-refractivity contribution in [3.63, 3.8) is 0 Å². The molecule has 2 unspecified atom stereocenters. The van der Waals surface area contributed by atoms with Gasteiger partial charge in [-0.15, -0.1) is 0 Å². The molecule has 1 saturated heterocycles. The van der Waals surface area contributed by atoms with E-state index in [4.69, 9.17) is 15.3 Å². The van der Waals surface area contributed by atoms with Crippen LogP contribution in [-0.2, 0) is 19.7 Å². The van der Waals surface area contributed by atoms with E-state index in [-0.39, 0.29) is 30.9 Å². The Morgan fingerprint density at radius 1 is 1.06 bits per heavy atom. The maximum absolute atomic E-state index is 12.9. The third kappa shape index (κ3) is 8.69. The lowest BCUT2D eigenvalue weighted by atomic mass is 9.68. The van der Waals surface area contributed by atoms with E-state index >= 15 is 0 Å². The van der Waals surface area contributed by atoms with Crippen LogP contribution in [0.3, 0.4) is 0 Å². The number of carbonyl (C=O) groups is 2. The molecule has 2 aliphatic rings. The van der Waals surface area contributed by atoms with E-state index in [1.807, 2.05) is 6.92 Å². The normalized spacial score (nSPS) is 18.6. The fourth-order valence-corrected chi connectivity index (χ4v) is 7.41. The number of allylic oxidation sites excluding steroid dienone is 1. The Hall–Kier alpha value is -5.36. The summed E-state index contributed by atoms with van der Waals surface area (Å²) in [6, 6.07) is 26.9. The van der Waals surface area contributed by atoms with E-state index in [9.17, 15) is 19.7 Å². The van der Waals surface area contributed by atoms with Crippen molar-refractivity contribution in [2.24, 2.45) is 10.1 Å². The molecule has 0 bridgehead atoms. The first-order valence-corrected chi connectivity index (χ1v) is 17.3. The second-order valence-electron chi connectivity index (χ2n) is 12.7. The molecule has 2 aliphatic heterocycles. The number of benzene rings is 3. The van der Waals surface area contributed by atoms with Crippen LogP contribution in [0.1, 0.15) is 55.2 Å². The Bertz CT molecular complexity index is 1690. The molecule has 0 saturated carbocycles. The molecule has 51 heavy (non-hydrogen) atoms. The van der Waals surface area contributed by atoms with Crippen LogP contribution in [0.25, 0.3) is 10.4 Å². The topological polar surface area (TPSA) is 166 Å². The second-order valence-corrected chi connectivity index (χ2v) is 12.7. The number of nitro groups is 1. The minimum absolute atomic E-state index is 0.0518. The lowest BCUT2D eigenvalue weighted by molar-refractivity contribution is -0.384. The monoisotopic (exact) mass is 692 g/mol. The molecule has 2 amide bonds. The summed E-state index contributed by atoms with van der Waals surface area (Å²) in [6.45, 7) is 5.34. The Balaban J connectivity index is 1.36. The van der Waals surface area contributed by atoms with Crippen molar-refractivity contribution in [2.45, 2.75) is 50.0 Å². The van der Waals surface area contributed by atoms with Crippen molar-refractivity contribution in [3.8, 4) is 0 Å². The standard InChI is InChI=1S/C38H44N8O5/c1-2-33-37(35(29-14-16-32(17-15-29)46(49)50)36(40-27-47)34(42-33)26-51-25-20-41-43-39)45(28-48)22-9-21-44-23-18-38(19-24-44,30-10-5-3-6-11-30)31-12-7-4-8-13-31/h3-8,10-17,27-28,35-36H,2,9,18-26H2,1H3,(H,40,47). The number of amides is 2. The molecule has 2 atom stereocenters. The Morgan fingerprint density at radius 3 is 2.25 bits per heavy atom. The third-order valence-corrected chi connectivity index (χ3v) is 9.93. The number of hydrogen-bond acceptors (Lipinski definition) is 8. The quantitative estimate of drug-likeness (QED) is 0.0320. The van der Waals surface area contributed by atoms with Gasteiger partial charge in [0.05, 0.1) is 47.2 Å². The first kappa shape index (κ1) is 36.9. The lowest BCUT2D eigenvalue weighted by Gasteiger charge is -2.43. The van der Waals surface area contributed by atoms with Crippen molar-refractivity contribution in [2.75, 3.05) is 45.9 Å². The van der Waals surface area contributed by atoms with Crippen LogP contribution in [0.15, 0.2) is 106 Å². The van der Waals surface area contributed by atoms with Gasteiger partial charge in [0.2, 0.25) is 12.8 Å². The molecule has 13 heteroatoms. The predicted molar refractivity (Wildman–Crippen MR) is 195 cm³/mol. The maximum Gasteiger partial charge on any atom is 0.269 e. The van der Waals surface area contributed by atoms with Gasteiger partial charge in [-0.25, -0.2) is 0 Å². The molecule has 13 nitrogen and oxygen atoms in total. The summed E-state index contributed by atoms with van der Waals surface area (Å²) >= 11 is 0. The number of rotatable bonds is 18. The van der Waals surface area contributed by atoms with Crippen molar-refractivity contribution < 1.29 is 19.2 Å². The van der Waals surface area contributed by atoms with Crippen LogP contribution in [0.2, 0.25) is 0 Å². The maximum atomic E-state index is 12.9. The van der Waals surface area contributed by atoms with Crippen LogP contribution in [0.5, 0.6) is 0 Å². The number of non-ortho nitro benzene ring substituents is 1. The zero-order valence-electron chi connectivity index (χ0n) is 28.8. The van der Waals surface area contributed by atoms with Crippen LogP contribution < -0.4 is 5.32 Å². The van der Waals surface area contributed by atoms with E-state index in [2.05, 4.69) is 80.9 Å². The van der Waals surface area contributed by atoms with Gasteiger partial charge in [0.25, 0.3) is 5.69 Å². The number of nitro benzene ring substituents is 1. The van der Waals surface area contributed by atoms with Gasteiger partial charge in [-0.1, -0.05) is 84.8 Å². The number of hydrogen-bond donors (Lipinski definition) is 1. The molecular formula is C38H44N8O5. The molecular weight excluding hydrogens is 648 g/mol. The van der Waals surface area contributed by atoms with Gasteiger partial charge in [0.15, 0.2) is 0 Å². The fraction of sp³-hybridized carbons (Fsp3) is 0.395. The number of nitrogens with one attached hydrogen (secondary N) is 1. The van der Waals surface area contributed by atoms with Gasteiger partial charge in [0.1, 0.15) is 0 Å². The average molecular weight is 693 g/mol. The number of carbonyl (C=O) groups excluding carboxylic acids is 2. The second kappa shape index (κ2) is 18.0. The third-order valence-electron chi connectivity index (χ3n) is 9.93. The predicted octanol–water partition coefficient (Wildman–Crippen LogP) is 6.13. The Kier molecular flexibility index (Phi) is 13.1. The zero-order chi connectivity index (χ0) is 36.1. The highest BCUT2D eigenvalue weighted by atomic mass is 16.6. The van der Waals surface area contributed by atoms with Crippen molar-refractivity contribution in [3.05, 3.63) is 134 Å². The Morgan fingerprint density at radius 2 is 1.71 bits per heavy atom. The Labute approximate surface area is 297 Å². The molecule has 1 fully saturated rings. The van der Waals surface area contributed by atoms with Gasteiger partial charge < -0.3 is 19.9 Å². The summed E-state index contributed by atoms with van der Waals surface area (Å²) < 4.78 is 5.75. The molecule has 0 spiro atoms. The summed E-state index contributed by atoms with van der Waals surface area (Å²) in [7, 11) is 0. The van der Waals surface area contributed by atoms with Crippen molar-refractivity contribution in [1.82, 2.24) is 15.1 Å². The van der Waals surface area contributed by atoms with Crippen LogP contribution in [0, 0.1) is 10.1 Å². The van der Waals surface area contributed by atoms with E-state index in [1.54, 1.807) is 17.0 Å². The molecule has 3 aromatic rings. The van der Waals surface area contributed by atoms with Crippen LogP contribution >= 0.6 is 0 Å². The minimum Gasteiger partial charge on any atom is -0.375 e.